The fourth-order valence-electron chi connectivity index (χ4n) is 3.83. The van der Waals surface area contributed by atoms with Crippen molar-refractivity contribution < 1.29 is 29.0 Å². The zero-order chi connectivity index (χ0) is 25.7. The van der Waals surface area contributed by atoms with Gasteiger partial charge < -0.3 is 19.7 Å². The third-order valence-corrected chi connectivity index (χ3v) is 8.41. The summed E-state index contributed by atoms with van der Waals surface area (Å²) in [5.74, 6) is -0.549. The number of carboxylic acids is 1. The predicted molar refractivity (Wildman–Crippen MR) is 144 cm³/mol. The topological polar surface area (TPSA) is 93.1 Å². The van der Waals surface area contributed by atoms with E-state index in [4.69, 9.17) is 9.47 Å². The van der Waals surface area contributed by atoms with Crippen LogP contribution in [0.4, 0.5) is 0 Å². The van der Waals surface area contributed by atoms with E-state index in [2.05, 4.69) is 13.8 Å². The van der Waals surface area contributed by atoms with E-state index < -0.39 is 26.1 Å². The molecule has 0 aliphatic carbocycles. The summed E-state index contributed by atoms with van der Waals surface area (Å²) in [6.45, 7) is 8.47. The van der Waals surface area contributed by atoms with Gasteiger partial charge in [0, 0.05) is 11.9 Å². The van der Waals surface area contributed by atoms with Crippen LogP contribution in [0.2, 0.25) is 0 Å². The van der Waals surface area contributed by atoms with Crippen molar-refractivity contribution in [3.8, 4) is 0 Å². The summed E-state index contributed by atoms with van der Waals surface area (Å²) in [4.78, 5) is 11.6. The standard InChI is InChI=1S/C26H51O6PS/c1-5-8-10-12-13-14-16-18-21-34-23(19-17-15-11-9-6-2)22(4)32-25(31-20-7-3)26(29,33-30)24(27)28/h22-23,25,29H,5-21H2,1-4H3,(H,27,28)/p+1. The van der Waals surface area contributed by atoms with Crippen molar-refractivity contribution in [2.45, 2.75) is 147 Å². The Morgan fingerprint density at radius 3 is 1.91 bits per heavy atom. The molecule has 0 heterocycles. The molecule has 0 saturated heterocycles. The van der Waals surface area contributed by atoms with E-state index in [1.54, 1.807) is 0 Å². The Kier molecular flexibility index (Phi) is 21.9. The van der Waals surface area contributed by atoms with E-state index in [1.165, 1.54) is 70.6 Å². The molecule has 202 valence electrons. The van der Waals surface area contributed by atoms with Crippen molar-refractivity contribution in [3.63, 3.8) is 0 Å². The monoisotopic (exact) mass is 523 g/mol. The van der Waals surface area contributed by atoms with Crippen molar-refractivity contribution in [2.75, 3.05) is 12.4 Å². The van der Waals surface area contributed by atoms with Gasteiger partial charge in [-0.2, -0.15) is 11.8 Å². The fraction of sp³-hybridized carbons (Fsp3) is 0.962. The highest BCUT2D eigenvalue weighted by atomic mass is 32.2. The lowest BCUT2D eigenvalue weighted by Crippen LogP contribution is -2.50. The molecular weight excluding hydrogens is 471 g/mol. The van der Waals surface area contributed by atoms with Crippen molar-refractivity contribution in [1.82, 2.24) is 0 Å². The number of unbranched alkanes of at least 4 members (excludes halogenated alkanes) is 11. The molecule has 34 heavy (non-hydrogen) atoms. The lowest BCUT2D eigenvalue weighted by molar-refractivity contribution is -0.230. The Labute approximate surface area is 214 Å². The summed E-state index contributed by atoms with van der Waals surface area (Å²) in [7, 11) is -1.48. The van der Waals surface area contributed by atoms with E-state index >= 15 is 0 Å². The van der Waals surface area contributed by atoms with Crippen LogP contribution in [-0.2, 0) is 18.8 Å². The van der Waals surface area contributed by atoms with Gasteiger partial charge >= 0.3 is 19.8 Å². The van der Waals surface area contributed by atoms with Gasteiger partial charge in [0.15, 0.2) is 0 Å². The molecule has 0 aliphatic heterocycles. The van der Waals surface area contributed by atoms with E-state index in [1.807, 2.05) is 25.6 Å². The zero-order valence-electron chi connectivity index (χ0n) is 22.2. The highest BCUT2D eigenvalue weighted by Crippen LogP contribution is 2.32. The molecule has 0 spiro atoms. The molecule has 0 fully saturated rings. The average Bonchev–Trinajstić information content (AvgIpc) is 2.83. The Bertz CT molecular complexity index is 510. The maximum absolute atomic E-state index is 11.6. The number of carbonyl (C=O) groups is 1. The number of hydrogen-bond donors (Lipinski definition) is 2. The number of carboxylic acid groups (broad SMARTS) is 1. The second-order valence-corrected chi connectivity index (χ2v) is 11.6. The summed E-state index contributed by atoms with van der Waals surface area (Å²) >= 11 is 1.87. The maximum atomic E-state index is 11.6. The van der Waals surface area contributed by atoms with Crippen LogP contribution in [0.1, 0.15) is 124 Å². The minimum Gasteiger partial charge on any atom is -0.476 e. The molecule has 5 atom stereocenters. The highest BCUT2D eigenvalue weighted by Gasteiger charge is 2.56. The number of aliphatic carboxylic acids is 1. The van der Waals surface area contributed by atoms with Gasteiger partial charge in [-0.15, -0.1) is 0 Å². The first kappa shape index (κ1) is 33.8. The highest BCUT2D eigenvalue weighted by molar-refractivity contribution is 7.99. The van der Waals surface area contributed by atoms with Gasteiger partial charge in [0.2, 0.25) is 6.29 Å². The van der Waals surface area contributed by atoms with Crippen molar-refractivity contribution in [3.05, 3.63) is 0 Å². The van der Waals surface area contributed by atoms with Crippen LogP contribution in [0.15, 0.2) is 0 Å². The van der Waals surface area contributed by atoms with Gasteiger partial charge in [-0.1, -0.05) is 102 Å². The summed E-state index contributed by atoms with van der Waals surface area (Å²) in [6, 6.07) is 0. The van der Waals surface area contributed by atoms with Gasteiger partial charge in [-0.05, 0) is 31.9 Å². The average molecular weight is 524 g/mol. The molecule has 0 aromatic rings. The third kappa shape index (κ3) is 15.0. The zero-order valence-corrected chi connectivity index (χ0v) is 24.0. The van der Waals surface area contributed by atoms with Crippen molar-refractivity contribution in [1.29, 1.82) is 0 Å². The first-order valence-corrected chi connectivity index (χ1v) is 15.6. The first-order chi connectivity index (χ1) is 16.4. The molecule has 0 saturated carbocycles. The van der Waals surface area contributed by atoms with E-state index in [0.29, 0.717) is 6.42 Å². The van der Waals surface area contributed by atoms with Gasteiger partial charge in [0.25, 0.3) is 0 Å². The van der Waals surface area contributed by atoms with Gasteiger partial charge in [-0.3, -0.25) is 0 Å². The molecule has 5 unspecified atom stereocenters. The third-order valence-electron chi connectivity index (χ3n) is 6.08. The summed E-state index contributed by atoms with van der Waals surface area (Å²) < 4.78 is 23.1. The number of aliphatic hydroxyl groups is 1. The molecule has 0 amide bonds. The van der Waals surface area contributed by atoms with Crippen molar-refractivity contribution in [2.24, 2.45) is 0 Å². The van der Waals surface area contributed by atoms with Gasteiger partial charge in [0.1, 0.15) is 0 Å². The molecule has 0 aliphatic rings. The number of rotatable bonds is 25. The molecule has 0 bridgehead atoms. The largest absolute Gasteiger partial charge is 0.476 e. The van der Waals surface area contributed by atoms with Crippen LogP contribution in [0.3, 0.4) is 0 Å². The Balaban J connectivity index is 4.87. The van der Waals surface area contributed by atoms with E-state index in [0.717, 1.165) is 25.0 Å². The molecular formula is C26H52O6PS+. The quantitative estimate of drug-likeness (QED) is 0.0725. The van der Waals surface area contributed by atoms with Crippen LogP contribution in [0, 0.1) is 0 Å². The minimum absolute atomic E-state index is 0.173. The minimum atomic E-state index is -2.56. The Morgan fingerprint density at radius 1 is 0.882 bits per heavy atom. The van der Waals surface area contributed by atoms with E-state index in [9.17, 15) is 19.6 Å². The molecule has 6 nitrogen and oxygen atoms in total. The van der Waals surface area contributed by atoms with Gasteiger partial charge in [-0.25, -0.2) is 4.79 Å². The maximum Gasteiger partial charge on any atom is 0.407 e. The summed E-state index contributed by atoms with van der Waals surface area (Å²) in [5, 5.41) is 17.6. The SMILES string of the molecule is CCCCCCCCCCSC(CCCCCCC)C(C)OC(OCCC)C(O)([PH+]=O)C(=O)O. The molecule has 0 aromatic carbocycles. The van der Waals surface area contributed by atoms with Crippen LogP contribution in [0.25, 0.3) is 0 Å². The Hall–Kier alpha value is -0.200. The molecule has 2 N–H and O–H groups in total. The second kappa shape index (κ2) is 22.0. The van der Waals surface area contributed by atoms with Gasteiger partial charge in [0.05, 0.1) is 6.10 Å². The molecule has 8 heteroatoms. The van der Waals surface area contributed by atoms with Crippen LogP contribution < -0.4 is 0 Å². The number of hydrogen-bond acceptors (Lipinski definition) is 6. The molecule has 0 rings (SSSR count). The summed E-state index contributed by atoms with van der Waals surface area (Å²) in [6.07, 6.45) is 16.0. The first-order valence-electron chi connectivity index (χ1n) is 13.6. The lowest BCUT2D eigenvalue weighted by atomic mass is 10.1. The predicted octanol–water partition coefficient (Wildman–Crippen LogP) is 7.54. The van der Waals surface area contributed by atoms with Crippen molar-refractivity contribution >= 4 is 26.2 Å². The second-order valence-electron chi connectivity index (χ2n) is 9.30. The number of ether oxygens (including phenoxy) is 2. The fourth-order valence-corrected chi connectivity index (χ4v) is 5.51. The lowest BCUT2D eigenvalue weighted by Gasteiger charge is -2.30. The normalized spacial score (nSPS) is 16.3. The smallest absolute Gasteiger partial charge is 0.407 e. The van der Waals surface area contributed by atoms with E-state index in [-0.39, 0.29) is 18.0 Å². The molecule has 0 aromatic heterocycles. The van der Waals surface area contributed by atoms with Crippen LogP contribution in [0.5, 0.6) is 0 Å². The summed E-state index contributed by atoms with van der Waals surface area (Å²) in [5.41, 5.74) is 0. The molecule has 0 radical (unpaired) electrons. The Morgan fingerprint density at radius 2 is 1.41 bits per heavy atom. The van der Waals surface area contributed by atoms with Crippen LogP contribution in [-0.4, -0.2) is 51.5 Å². The number of thioether (sulfide) groups is 1. The van der Waals surface area contributed by atoms with Crippen LogP contribution >= 0.6 is 20.2 Å².